The largest absolute Gasteiger partial charge is 0.361 e. The second-order valence-corrected chi connectivity index (χ2v) is 5.43. The molecule has 0 amide bonds. The third kappa shape index (κ3) is 2.44. The standard InChI is InChI=1S/C14H10N2O4S/c17-16(18)10-3-6-14-12(7-10)13(8-15-14)9-1-4-11(5-2-9)21(19)20/h1-8,15H,(H,19,20). The van der Waals surface area contributed by atoms with Crippen molar-refractivity contribution >= 4 is 27.7 Å². The summed E-state index contributed by atoms with van der Waals surface area (Å²) in [5.74, 6) is 0. The van der Waals surface area contributed by atoms with Gasteiger partial charge in [-0.3, -0.25) is 10.1 Å². The fourth-order valence-electron chi connectivity index (χ4n) is 2.21. The smallest absolute Gasteiger partial charge is 0.270 e. The second-order valence-electron chi connectivity index (χ2n) is 4.46. The third-order valence-electron chi connectivity index (χ3n) is 3.24. The Hall–Kier alpha value is -2.51. The van der Waals surface area contributed by atoms with Crippen molar-refractivity contribution in [2.45, 2.75) is 4.90 Å². The number of nitrogens with one attached hydrogen (secondary N) is 1. The number of rotatable bonds is 3. The van der Waals surface area contributed by atoms with E-state index < -0.39 is 16.0 Å². The molecule has 1 aromatic heterocycles. The first-order valence-electron chi connectivity index (χ1n) is 6.03. The molecule has 0 aliphatic carbocycles. The van der Waals surface area contributed by atoms with E-state index in [1.165, 1.54) is 12.1 Å². The lowest BCUT2D eigenvalue weighted by atomic mass is 10.0. The molecule has 0 aliphatic heterocycles. The number of aromatic amines is 1. The lowest BCUT2D eigenvalue weighted by Crippen LogP contribution is -1.88. The maximum Gasteiger partial charge on any atom is 0.270 e. The number of hydrogen-bond acceptors (Lipinski definition) is 3. The number of nitrogens with zero attached hydrogens (tertiary/aromatic N) is 1. The zero-order valence-corrected chi connectivity index (χ0v) is 11.5. The van der Waals surface area contributed by atoms with Crippen LogP contribution in [0.2, 0.25) is 0 Å². The first kappa shape index (κ1) is 13.5. The van der Waals surface area contributed by atoms with E-state index >= 15 is 0 Å². The Kier molecular flexibility index (Phi) is 3.28. The van der Waals surface area contributed by atoms with Crippen LogP contribution in [0.1, 0.15) is 0 Å². The number of fused-ring (bicyclic) bond motifs is 1. The third-order valence-corrected chi connectivity index (χ3v) is 3.92. The zero-order valence-electron chi connectivity index (χ0n) is 10.6. The Morgan fingerprint density at radius 1 is 1.14 bits per heavy atom. The molecular weight excluding hydrogens is 292 g/mol. The minimum atomic E-state index is -2.02. The normalized spacial score (nSPS) is 12.4. The van der Waals surface area contributed by atoms with Crippen molar-refractivity contribution in [2.24, 2.45) is 0 Å². The molecule has 1 atom stereocenters. The van der Waals surface area contributed by atoms with Crippen molar-refractivity contribution in [2.75, 3.05) is 0 Å². The van der Waals surface area contributed by atoms with E-state index in [0.29, 0.717) is 4.90 Å². The number of benzene rings is 2. The Morgan fingerprint density at radius 2 is 1.86 bits per heavy atom. The highest BCUT2D eigenvalue weighted by Gasteiger charge is 2.12. The molecule has 1 heterocycles. The highest BCUT2D eigenvalue weighted by Crippen LogP contribution is 2.31. The van der Waals surface area contributed by atoms with Gasteiger partial charge in [0.25, 0.3) is 5.69 Å². The Balaban J connectivity index is 2.13. The summed E-state index contributed by atoms with van der Waals surface area (Å²) < 4.78 is 20.0. The number of hydrogen-bond donors (Lipinski definition) is 2. The minimum Gasteiger partial charge on any atom is -0.361 e. The molecule has 2 N–H and O–H groups in total. The fraction of sp³-hybridized carbons (Fsp3) is 0. The molecular formula is C14H10N2O4S. The van der Waals surface area contributed by atoms with Gasteiger partial charge in [0.15, 0.2) is 11.1 Å². The summed E-state index contributed by atoms with van der Waals surface area (Å²) in [4.78, 5) is 13.8. The van der Waals surface area contributed by atoms with E-state index in [9.17, 15) is 14.3 Å². The van der Waals surface area contributed by atoms with Crippen molar-refractivity contribution in [3.8, 4) is 11.1 Å². The molecule has 0 radical (unpaired) electrons. The lowest BCUT2D eigenvalue weighted by Gasteiger charge is -2.01. The molecule has 0 aliphatic rings. The maximum atomic E-state index is 11.0. The molecule has 21 heavy (non-hydrogen) atoms. The Bertz CT molecular complexity index is 855. The van der Waals surface area contributed by atoms with Crippen LogP contribution in [0.4, 0.5) is 5.69 Å². The van der Waals surface area contributed by atoms with Crippen LogP contribution in [0.5, 0.6) is 0 Å². The van der Waals surface area contributed by atoms with Crippen LogP contribution in [0.25, 0.3) is 22.0 Å². The number of non-ortho nitro benzene ring substituents is 1. The van der Waals surface area contributed by atoms with E-state index in [1.807, 2.05) is 0 Å². The summed E-state index contributed by atoms with van der Waals surface area (Å²) in [6, 6.07) is 11.2. The summed E-state index contributed by atoms with van der Waals surface area (Å²) >= 11 is -2.02. The highest BCUT2D eigenvalue weighted by atomic mass is 32.2. The van der Waals surface area contributed by atoms with Crippen molar-refractivity contribution < 1.29 is 13.7 Å². The van der Waals surface area contributed by atoms with Crippen molar-refractivity contribution in [1.82, 2.24) is 4.98 Å². The summed E-state index contributed by atoms with van der Waals surface area (Å²) in [5, 5.41) is 11.6. The number of H-pyrrole nitrogens is 1. The predicted octanol–water partition coefficient (Wildman–Crippen LogP) is 3.32. The van der Waals surface area contributed by atoms with Gasteiger partial charge in [0.1, 0.15) is 0 Å². The summed E-state index contributed by atoms with van der Waals surface area (Å²) in [6.07, 6.45) is 1.76. The van der Waals surface area contributed by atoms with Gasteiger partial charge in [-0.05, 0) is 23.8 Å². The minimum absolute atomic E-state index is 0.0245. The highest BCUT2D eigenvalue weighted by molar-refractivity contribution is 7.79. The molecule has 0 saturated heterocycles. The van der Waals surface area contributed by atoms with Crippen molar-refractivity contribution in [3.05, 3.63) is 58.8 Å². The van der Waals surface area contributed by atoms with E-state index in [0.717, 1.165) is 22.0 Å². The summed E-state index contributed by atoms with van der Waals surface area (Å²) in [5.41, 5.74) is 2.45. The van der Waals surface area contributed by atoms with Gasteiger partial charge in [0.2, 0.25) is 0 Å². The Labute approximate surface area is 121 Å². The van der Waals surface area contributed by atoms with Gasteiger partial charge in [0.05, 0.1) is 9.82 Å². The molecule has 3 rings (SSSR count). The van der Waals surface area contributed by atoms with Gasteiger partial charge in [0, 0.05) is 34.8 Å². The quantitative estimate of drug-likeness (QED) is 0.440. The average molecular weight is 302 g/mol. The lowest BCUT2D eigenvalue weighted by molar-refractivity contribution is -0.384. The molecule has 6 nitrogen and oxygen atoms in total. The molecule has 3 aromatic rings. The van der Waals surface area contributed by atoms with Gasteiger partial charge in [-0.1, -0.05) is 12.1 Å². The first-order valence-corrected chi connectivity index (χ1v) is 7.14. The van der Waals surface area contributed by atoms with Gasteiger partial charge >= 0.3 is 0 Å². The van der Waals surface area contributed by atoms with Crippen LogP contribution >= 0.6 is 0 Å². The average Bonchev–Trinajstić information content (AvgIpc) is 2.90. The van der Waals surface area contributed by atoms with Crippen molar-refractivity contribution in [3.63, 3.8) is 0 Å². The first-order chi connectivity index (χ1) is 10.1. The van der Waals surface area contributed by atoms with Crippen LogP contribution in [0, 0.1) is 10.1 Å². The number of nitro groups is 1. The summed E-state index contributed by atoms with van der Waals surface area (Å²) in [7, 11) is 0. The second kappa shape index (κ2) is 5.12. The van der Waals surface area contributed by atoms with Crippen LogP contribution in [-0.2, 0) is 11.1 Å². The molecule has 0 spiro atoms. The van der Waals surface area contributed by atoms with Crippen LogP contribution in [0.15, 0.2) is 53.6 Å². The Morgan fingerprint density at radius 3 is 2.48 bits per heavy atom. The molecule has 0 bridgehead atoms. The number of aromatic nitrogens is 1. The van der Waals surface area contributed by atoms with Crippen LogP contribution in [0.3, 0.4) is 0 Å². The van der Waals surface area contributed by atoms with Gasteiger partial charge < -0.3 is 9.54 Å². The van der Waals surface area contributed by atoms with Crippen molar-refractivity contribution in [1.29, 1.82) is 0 Å². The van der Waals surface area contributed by atoms with Gasteiger partial charge in [-0.2, -0.15) is 0 Å². The summed E-state index contributed by atoms with van der Waals surface area (Å²) in [6.45, 7) is 0. The molecule has 106 valence electrons. The molecule has 1 unspecified atom stereocenters. The monoisotopic (exact) mass is 302 g/mol. The van der Waals surface area contributed by atoms with Gasteiger partial charge in [-0.25, -0.2) is 4.21 Å². The fourth-order valence-corrected chi connectivity index (χ4v) is 2.58. The number of nitro benzene ring substituents is 1. The molecule has 2 aromatic carbocycles. The topological polar surface area (TPSA) is 96.2 Å². The van der Waals surface area contributed by atoms with E-state index in [-0.39, 0.29) is 5.69 Å². The predicted molar refractivity (Wildman–Crippen MR) is 79.4 cm³/mol. The van der Waals surface area contributed by atoms with E-state index in [1.54, 1.807) is 36.5 Å². The SMILES string of the molecule is O=[N+]([O-])c1ccc2[nH]cc(-c3ccc(S(=O)O)cc3)c2c1. The zero-order chi connectivity index (χ0) is 15.0. The molecule has 7 heteroatoms. The molecule has 0 saturated carbocycles. The molecule has 0 fully saturated rings. The maximum absolute atomic E-state index is 11.0. The van der Waals surface area contributed by atoms with Gasteiger partial charge in [-0.15, -0.1) is 0 Å². The van der Waals surface area contributed by atoms with Crippen LogP contribution in [-0.4, -0.2) is 18.7 Å². The van der Waals surface area contributed by atoms with E-state index in [4.69, 9.17) is 4.55 Å². The van der Waals surface area contributed by atoms with Crippen LogP contribution < -0.4 is 0 Å². The van der Waals surface area contributed by atoms with E-state index in [2.05, 4.69) is 4.98 Å².